The molecule has 6 heteroatoms. The lowest BCUT2D eigenvalue weighted by Gasteiger charge is -2.08. The molecule has 20 heavy (non-hydrogen) atoms. The van der Waals surface area contributed by atoms with Crippen molar-refractivity contribution >= 4 is 23.3 Å². The van der Waals surface area contributed by atoms with Crippen LogP contribution in [-0.4, -0.2) is 16.1 Å². The molecule has 0 bridgehead atoms. The number of carboxylic acid groups (broad SMARTS) is 1. The number of hydrogen-bond acceptors (Lipinski definition) is 3. The van der Waals surface area contributed by atoms with E-state index in [1.54, 1.807) is 12.1 Å². The van der Waals surface area contributed by atoms with E-state index in [1.807, 2.05) is 6.92 Å². The maximum atomic E-state index is 14.0. The summed E-state index contributed by atoms with van der Waals surface area (Å²) in [5, 5.41) is 8.87. The van der Waals surface area contributed by atoms with Crippen LogP contribution in [0.4, 0.5) is 10.1 Å². The molecule has 0 atom stereocenters. The molecular formula is C14H12ClFN2O2. The van der Waals surface area contributed by atoms with Gasteiger partial charge in [0.25, 0.3) is 0 Å². The van der Waals surface area contributed by atoms with E-state index in [1.165, 1.54) is 12.1 Å². The number of halogens is 2. The Morgan fingerprint density at radius 2 is 2.15 bits per heavy atom. The van der Waals surface area contributed by atoms with Gasteiger partial charge in [-0.15, -0.1) is 0 Å². The lowest BCUT2D eigenvalue weighted by atomic mass is 10.1. The molecule has 0 aliphatic heterocycles. The van der Waals surface area contributed by atoms with Crippen LogP contribution in [0.15, 0.2) is 24.3 Å². The average Bonchev–Trinajstić information content (AvgIpc) is 2.41. The number of pyridine rings is 1. The lowest BCUT2D eigenvalue weighted by molar-refractivity contribution is 0.0691. The quantitative estimate of drug-likeness (QED) is 0.910. The predicted octanol–water partition coefficient (Wildman–Crippen LogP) is 3.38. The van der Waals surface area contributed by atoms with Gasteiger partial charge in [0, 0.05) is 5.56 Å². The number of aryl methyl sites for hydroxylation is 1. The average molecular weight is 295 g/mol. The Kier molecular flexibility index (Phi) is 3.90. The van der Waals surface area contributed by atoms with Gasteiger partial charge in [0.2, 0.25) is 0 Å². The molecule has 1 aromatic heterocycles. The number of nitrogens with two attached hydrogens (primary N) is 1. The van der Waals surface area contributed by atoms with Gasteiger partial charge in [-0.1, -0.05) is 24.6 Å². The van der Waals surface area contributed by atoms with Crippen LogP contribution in [0, 0.1) is 5.82 Å². The molecule has 0 unspecified atom stereocenters. The Balaban J connectivity index is 2.61. The van der Waals surface area contributed by atoms with E-state index in [9.17, 15) is 9.18 Å². The first-order valence-electron chi connectivity index (χ1n) is 5.92. The first-order chi connectivity index (χ1) is 9.43. The second-order valence-corrected chi connectivity index (χ2v) is 4.61. The van der Waals surface area contributed by atoms with Crippen molar-refractivity contribution in [3.63, 3.8) is 0 Å². The predicted molar refractivity (Wildman–Crippen MR) is 75.4 cm³/mol. The molecule has 4 nitrogen and oxygen atoms in total. The summed E-state index contributed by atoms with van der Waals surface area (Å²) in [6.07, 6.45) is 0.702. The van der Waals surface area contributed by atoms with Crippen LogP contribution in [-0.2, 0) is 6.42 Å². The van der Waals surface area contributed by atoms with Crippen molar-refractivity contribution in [3.05, 3.63) is 46.4 Å². The number of hydrogen-bond donors (Lipinski definition) is 2. The number of carbonyl (C=O) groups is 1. The molecule has 2 rings (SSSR count). The number of carboxylic acids is 1. The minimum absolute atomic E-state index is 0.0491. The van der Waals surface area contributed by atoms with Crippen LogP contribution < -0.4 is 5.73 Å². The molecular weight excluding hydrogens is 283 g/mol. The number of benzene rings is 1. The second-order valence-electron chi connectivity index (χ2n) is 4.23. The third-order valence-corrected chi connectivity index (χ3v) is 3.30. The van der Waals surface area contributed by atoms with Crippen LogP contribution >= 0.6 is 11.6 Å². The first kappa shape index (κ1) is 14.3. The van der Waals surface area contributed by atoms with Crippen molar-refractivity contribution in [2.75, 3.05) is 5.73 Å². The summed E-state index contributed by atoms with van der Waals surface area (Å²) >= 11 is 5.77. The third kappa shape index (κ3) is 2.58. The molecule has 1 aromatic carbocycles. The van der Waals surface area contributed by atoms with Crippen LogP contribution in [0.1, 0.15) is 23.0 Å². The smallest absolute Gasteiger partial charge is 0.356 e. The van der Waals surface area contributed by atoms with Gasteiger partial charge in [-0.2, -0.15) is 0 Å². The Morgan fingerprint density at radius 1 is 1.45 bits per heavy atom. The van der Waals surface area contributed by atoms with Crippen molar-refractivity contribution in [3.8, 4) is 11.3 Å². The van der Waals surface area contributed by atoms with Crippen LogP contribution in [0.25, 0.3) is 11.3 Å². The fraction of sp³-hybridized carbons (Fsp3) is 0.143. The monoisotopic (exact) mass is 294 g/mol. The number of nitrogens with zero attached hydrogens (tertiary/aromatic N) is 1. The Hall–Kier alpha value is -2.14. The van der Waals surface area contributed by atoms with Crippen LogP contribution in [0.3, 0.4) is 0 Å². The highest BCUT2D eigenvalue weighted by molar-refractivity contribution is 6.35. The van der Waals surface area contributed by atoms with Crippen LogP contribution in [0.5, 0.6) is 0 Å². The minimum atomic E-state index is -1.31. The lowest BCUT2D eigenvalue weighted by Crippen LogP contribution is -2.05. The molecule has 0 radical (unpaired) electrons. The Morgan fingerprint density at radius 3 is 2.70 bits per heavy atom. The topological polar surface area (TPSA) is 76.2 Å². The molecule has 0 fully saturated rings. The standard InChI is InChI=1S/C14H12ClFN2O2/c1-2-7-3-4-8(9(16)5-7)11-6-10(17)12(15)13(18-11)14(19)20/h3-6H,2H2,1H3,(H2,17,18)(H,19,20). The molecule has 104 valence electrons. The highest BCUT2D eigenvalue weighted by Gasteiger charge is 2.17. The van der Waals surface area contributed by atoms with E-state index < -0.39 is 11.8 Å². The van der Waals surface area contributed by atoms with Gasteiger partial charge < -0.3 is 10.8 Å². The van der Waals surface area contributed by atoms with Gasteiger partial charge >= 0.3 is 5.97 Å². The molecule has 0 saturated heterocycles. The number of aromatic carboxylic acids is 1. The van der Waals surface area contributed by atoms with E-state index >= 15 is 0 Å². The van der Waals surface area contributed by atoms with Gasteiger partial charge in [0.1, 0.15) is 5.82 Å². The van der Waals surface area contributed by atoms with Gasteiger partial charge in [-0.05, 0) is 30.2 Å². The summed E-state index contributed by atoms with van der Waals surface area (Å²) in [6.45, 7) is 1.91. The van der Waals surface area contributed by atoms with Crippen molar-refractivity contribution in [2.45, 2.75) is 13.3 Å². The second kappa shape index (κ2) is 5.46. The van der Waals surface area contributed by atoms with Gasteiger partial charge in [-0.3, -0.25) is 0 Å². The SMILES string of the molecule is CCc1ccc(-c2cc(N)c(Cl)c(C(=O)O)n2)c(F)c1. The zero-order valence-electron chi connectivity index (χ0n) is 10.7. The molecule has 1 heterocycles. The fourth-order valence-electron chi connectivity index (χ4n) is 1.82. The minimum Gasteiger partial charge on any atom is -0.476 e. The molecule has 0 aliphatic rings. The summed E-state index contributed by atoms with van der Waals surface area (Å²) in [5.74, 6) is -1.79. The van der Waals surface area contributed by atoms with E-state index in [0.717, 1.165) is 5.56 Å². The summed E-state index contributed by atoms with van der Waals surface area (Å²) in [6, 6.07) is 6.06. The van der Waals surface area contributed by atoms with Gasteiger partial charge in [-0.25, -0.2) is 14.2 Å². The van der Waals surface area contributed by atoms with Gasteiger partial charge in [0.15, 0.2) is 5.69 Å². The zero-order valence-corrected chi connectivity index (χ0v) is 11.4. The maximum Gasteiger partial charge on any atom is 0.356 e. The van der Waals surface area contributed by atoms with Crippen molar-refractivity contribution in [1.82, 2.24) is 4.98 Å². The van der Waals surface area contributed by atoms with Crippen molar-refractivity contribution in [1.29, 1.82) is 0 Å². The molecule has 0 amide bonds. The number of anilines is 1. The Bertz CT molecular complexity index is 689. The molecule has 3 N–H and O–H groups in total. The number of aromatic nitrogens is 1. The fourth-order valence-corrected chi connectivity index (χ4v) is 1.99. The molecule has 0 spiro atoms. The summed E-state index contributed by atoms with van der Waals surface area (Å²) in [7, 11) is 0. The maximum absolute atomic E-state index is 14.0. The summed E-state index contributed by atoms with van der Waals surface area (Å²) in [4.78, 5) is 14.9. The first-order valence-corrected chi connectivity index (χ1v) is 6.30. The molecule has 2 aromatic rings. The Labute approximate surface area is 120 Å². The summed E-state index contributed by atoms with van der Waals surface area (Å²) < 4.78 is 14.0. The molecule has 0 aliphatic carbocycles. The number of nitrogen functional groups attached to an aromatic ring is 1. The van der Waals surface area contributed by atoms with E-state index in [0.29, 0.717) is 6.42 Å². The highest BCUT2D eigenvalue weighted by atomic mass is 35.5. The highest BCUT2D eigenvalue weighted by Crippen LogP contribution is 2.29. The van der Waals surface area contributed by atoms with E-state index in [-0.39, 0.29) is 27.7 Å². The van der Waals surface area contributed by atoms with Gasteiger partial charge in [0.05, 0.1) is 16.4 Å². The van der Waals surface area contributed by atoms with E-state index in [2.05, 4.69) is 4.98 Å². The molecule has 0 saturated carbocycles. The zero-order chi connectivity index (χ0) is 14.9. The van der Waals surface area contributed by atoms with Crippen molar-refractivity contribution in [2.24, 2.45) is 0 Å². The van der Waals surface area contributed by atoms with Crippen molar-refractivity contribution < 1.29 is 14.3 Å². The largest absolute Gasteiger partial charge is 0.476 e. The number of rotatable bonds is 3. The summed E-state index contributed by atoms with van der Waals surface area (Å²) in [5.41, 5.74) is 6.48. The third-order valence-electron chi connectivity index (χ3n) is 2.91. The normalized spacial score (nSPS) is 10.6. The van der Waals surface area contributed by atoms with Crippen LogP contribution in [0.2, 0.25) is 5.02 Å². The van der Waals surface area contributed by atoms with E-state index in [4.69, 9.17) is 22.4 Å².